The molecular weight excluding hydrogens is 312 g/mol. The predicted octanol–water partition coefficient (Wildman–Crippen LogP) is 3.62. The maximum atomic E-state index is 4.62. The van der Waals surface area contributed by atoms with Gasteiger partial charge in [0.2, 0.25) is 5.95 Å². The van der Waals surface area contributed by atoms with Crippen molar-refractivity contribution in [1.82, 2.24) is 19.6 Å². The van der Waals surface area contributed by atoms with Crippen LogP contribution in [0.1, 0.15) is 12.8 Å². The van der Waals surface area contributed by atoms with E-state index in [0.29, 0.717) is 5.95 Å². The van der Waals surface area contributed by atoms with Crippen LogP contribution < -0.4 is 10.2 Å². The van der Waals surface area contributed by atoms with Crippen LogP contribution in [0.25, 0.3) is 16.6 Å². The van der Waals surface area contributed by atoms with Crippen LogP contribution >= 0.6 is 0 Å². The molecule has 4 heterocycles. The SMILES string of the molecule is c1cnc2ccc(Nc3nc4cc(N5CCCC5)ccn4n3)cc2c1. The van der Waals surface area contributed by atoms with Crippen LogP contribution in [0.2, 0.25) is 0 Å². The Labute approximate surface area is 145 Å². The predicted molar refractivity (Wildman–Crippen MR) is 99.5 cm³/mol. The fraction of sp³-hybridized carbons (Fsp3) is 0.211. The summed E-state index contributed by atoms with van der Waals surface area (Å²) in [5, 5.41) is 8.90. The van der Waals surface area contributed by atoms with E-state index in [4.69, 9.17) is 0 Å². The Morgan fingerprint density at radius 1 is 1.00 bits per heavy atom. The van der Waals surface area contributed by atoms with E-state index in [1.54, 1.807) is 6.20 Å². The molecule has 5 rings (SSSR count). The maximum Gasteiger partial charge on any atom is 0.247 e. The van der Waals surface area contributed by atoms with Gasteiger partial charge in [0.25, 0.3) is 0 Å². The van der Waals surface area contributed by atoms with Gasteiger partial charge in [0.1, 0.15) is 0 Å². The van der Waals surface area contributed by atoms with Crippen molar-refractivity contribution in [2.24, 2.45) is 0 Å². The molecule has 0 saturated carbocycles. The Bertz CT molecular complexity index is 1050. The lowest BCUT2D eigenvalue weighted by Gasteiger charge is -2.16. The number of aromatic nitrogens is 4. The fourth-order valence-corrected chi connectivity index (χ4v) is 3.38. The van der Waals surface area contributed by atoms with Crippen molar-refractivity contribution in [3.63, 3.8) is 0 Å². The van der Waals surface area contributed by atoms with Gasteiger partial charge in [-0.3, -0.25) is 4.98 Å². The highest BCUT2D eigenvalue weighted by molar-refractivity contribution is 5.82. The number of hydrogen-bond acceptors (Lipinski definition) is 5. The van der Waals surface area contributed by atoms with Crippen molar-refractivity contribution >= 4 is 33.9 Å². The first-order valence-electron chi connectivity index (χ1n) is 8.58. The van der Waals surface area contributed by atoms with Gasteiger partial charge in [-0.2, -0.15) is 4.98 Å². The molecule has 1 aliphatic rings. The molecule has 6 nitrogen and oxygen atoms in total. The lowest BCUT2D eigenvalue weighted by atomic mass is 10.2. The van der Waals surface area contributed by atoms with Gasteiger partial charge in [-0.1, -0.05) is 6.07 Å². The topological polar surface area (TPSA) is 58.4 Å². The van der Waals surface area contributed by atoms with Gasteiger partial charge in [0, 0.05) is 48.3 Å². The molecule has 1 aromatic carbocycles. The monoisotopic (exact) mass is 330 g/mol. The third-order valence-corrected chi connectivity index (χ3v) is 4.65. The molecule has 0 radical (unpaired) electrons. The van der Waals surface area contributed by atoms with Gasteiger partial charge in [0.15, 0.2) is 5.65 Å². The van der Waals surface area contributed by atoms with Crippen LogP contribution in [0.4, 0.5) is 17.3 Å². The van der Waals surface area contributed by atoms with E-state index >= 15 is 0 Å². The Kier molecular flexibility index (Phi) is 3.26. The molecule has 0 spiro atoms. The first kappa shape index (κ1) is 14.2. The summed E-state index contributed by atoms with van der Waals surface area (Å²) in [6.45, 7) is 2.25. The summed E-state index contributed by atoms with van der Waals surface area (Å²) in [4.78, 5) is 11.4. The largest absolute Gasteiger partial charge is 0.371 e. The minimum Gasteiger partial charge on any atom is -0.371 e. The Hall–Kier alpha value is -3.15. The average Bonchev–Trinajstić information content (AvgIpc) is 3.30. The van der Waals surface area contributed by atoms with Crippen LogP contribution in [-0.2, 0) is 0 Å². The van der Waals surface area contributed by atoms with E-state index in [-0.39, 0.29) is 0 Å². The Morgan fingerprint density at radius 3 is 2.84 bits per heavy atom. The van der Waals surface area contributed by atoms with Crippen LogP contribution in [-0.4, -0.2) is 32.7 Å². The molecule has 4 aromatic rings. The molecule has 0 atom stereocenters. The second-order valence-electron chi connectivity index (χ2n) is 6.35. The molecular formula is C19H18N6. The van der Waals surface area contributed by atoms with Crippen LogP contribution in [0.15, 0.2) is 54.9 Å². The van der Waals surface area contributed by atoms with Crippen molar-refractivity contribution in [1.29, 1.82) is 0 Å². The highest BCUT2D eigenvalue weighted by Crippen LogP contribution is 2.23. The number of pyridine rings is 2. The molecule has 124 valence electrons. The lowest BCUT2D eigenvalue weighted by molar-refractivity contribution is 0.938. The molecule has 25 heavy (non-hydrogen) atoms. The molecule has 0 bridgehead atoms. The van der Waals surface area contributed by atoms with Gasteiger partial charge in [-0.05, 0) is 43.2 Å². The minimum absolute atomic E-state index is 0.599. The van der Waals surface area contributed by atoms with Gasteiger partial charge in [-0.15, -0.1) is 5.10 Å². The zero-order valence-corrected chi connectivity index (χ0v) is 13.8. The van der Waals surface area contributed by atoms with Crippen molar-refractivity contribution in [2.75, 3.05) is 23.3 Å². The molecule has 1 fully saturated rings. The standard InChI is InChI=1S/C19H18N6/c1-2-10-24(9-1)16-7-11-25-18(13-16)22-19(23-25)21-15-5-6-17-14(12-15)4-3-8-20-17/h3-8,11-13H,1-2,9-10H2,(H,21,23). The smallest absolute Gasteiger partial charge is 0.247 e. The summed E-state index contributed by atoms with van der Waals surface area (Å²) in [7, 11) is 0. The van der Waals surface area contributed by atoms with Crippen molar-refractivity contribution in [2.45, 2.75) is 12.8 Å². The molecule has 1 saturated heterocycles. The first-order chi connectivity index (χ1) is 12.3. The van der Waals surface area contributed by atoms with Crippen LogP contribution in [0, 0.1) is 0 Å². The summed E-state index contributed by atoms with van der Waals surface area (Å²) in [5.74, 6) is 0.599. The van der Waals surface area contributed by atoms with E-state index in [1.165, 1.54) is 18.5 Å². The Morgan fingerprint density at radius 2 is 1.92 bits per heavy atom. The van der Waals surface area contributed by atoms with Gasteiger partial charge in [0.05, 0.1) is 5.52 Å². The highest BCUT2D eigenvalue weighted by Gasteiger charge is 2.13. The molecule has 0 amide bonds. The second kappa shape index (κ2) is 5.73. The van der Waals surface area contributed by atoms with E-state index in [1.807, 2.05) is 35.0 Å². The van der Waals surface area contributed by atoms with Gasteiger partial charge >= 0.3 is 0 Å². The quantitative estimate of drug-likeness (QED) is 0.622. The number of hydrogen-bond donors (Lipinski definition) is 1. The van der Waals surface area contributed by atoms with Crippen molar-refractivity contribution in [3.05, 3.63) is 54.9 Å². The van der Waals surface area contributed by atoms with Gasteiger partial charge in [-0.25, -0.2) is 4.52 Å². The normalized spacial score (nSPS) is 14.5. The summed E-state index contributed by atoms with van der Waals surface area (Å²) in [5.41, 5.74) is 4.01. The number of benzene rings is 1. The summed E-state index contributed by atoms with van der Waals surface area (Å²) in [6, 6.07) is 14.3. The zero-order chi connectivity index (χ0) is 16.6. The fourth-order valence-electron chi connectivity index (χ4n) is 3.38. The summed E-state index contributed by atoms with van der Waals surface area (Å²) >= 11 is 0. The molecule has 1 N–H and O–H groups in total. The average molecular weight is 330 g/mol. The number of fused-ring (bicyclic) bond motifs is 2. The number of nitrogens with one attached hydrogen (secondary N) is 1. The van der Waals surface area contributed by atoms with E-state index < -0.39 is 0 Å². The second-order valence-corrected chi connectivity index (χ2v) is 6.35. The molecule has 3 aromatic heterocycles. The summed E-state index contributed by atoms with van der Waals surface area (Å²) < 4.78 is 1.81. The number of nitrogens with zero attached hydrogens (tertiary/aromatic N) is 5. The van der Waals surface area contributed by atoms with E-state index in [0.717, 1.165) is 35.3 Å². The Balaban J connectivity index is 1.45. The number of rotatable bonds is 3. The maximum absolute atomic E-state index is 4.62. The van der Waals surface area contributed by atoms with Crippen molar-refractivity contribution < 1.29 is 0 Å². The third kappa shape index (κ3) is 2.65. The lowest BCUT2D eigenvalue weighted by Crippen LogP contribution is -2.17. The zero-order valence-electron chi connectivity index (χ0n) is 13.8. The minimum atomic E-state index is 0.599. The van der Waals surface area contributed by atoms with Crippen LogP contribution in [0.3, 0.4) is 0 Å². The molecule has 0 aliphatic carbocycles. The number of anilines is 3. The van der Waals surface area contributed by atoms with Crippen LogP contribution in [0.5, 0.6) is 0 Å². The first-order valence-corrected chi connectivity index (χ1v) is 8.58. The highest BCUT2D eigenvalue weighted by atomic mass is 15.3. The molecule has 6 heteroatoms. The summed E-state index contributed by atoms with van der Waals surface area (Å²) in [6.07, 6.45) is 6.31. The molecule has 0 unspecified atom stereocenters. The van der Waals surface area contributed by atoms with E-state index in [9.17, 15) is 0 Å². The van der Waals surface area contributed by atoms with E-state index in [2.05, 4.69) is 43.5 Å². The van der Waals surface area contributed by atoms with Gasteiger partial charge < -0.3 is 10.2 Å². The third-order valence-electron chi connectivity index (χ3n) is 4.65. The molecule has 1 aliphatic heterocycles. The van der Waals surface area contributed by atoms with Crippen molar-refractivity contribution in [3.8, 4) is 0 Å².